The van der Waals surface area contributed by atoms with E-state index < -0.39 is 0 Å². The zero-order chi connectivity index (χ0) is 15.9. The van der Waals surface area contributed by atoms with Crippen LogP contribution in [0.2, 0.25) is 0 Å². The Kier molecular flexibility index (Phi) is 7.28. The van der Waals surface area contributed by atoms with Gasteiger partial charge in [0.2, 0.25) is 0 Å². The topological polar surface area (TPSA) is 59.0 Å². The van der Waals surface area contributed by atoms with Crippen LogP contribution in [0, 0.1) is 5.92 Å². The number of aromatic nitrogens is 2. The number of hydrogen-bond donors (Lipinski definition) is 2. The van der Waals surface area contributed by atoms with Crippen molar-refractivity contribution in [2.45, 2.75) is 25.8 Å². The number of carbonyl (C=O) groups is 1. The van der Waals surface area contributed by atoms with E-state index in [0.717, 1.165) is 44.0 Å². The molecular formula is C18H25ClN4O. The molecule has 1 aliphatic rings. The van der Waals surface area contributed by atoms with Gasteiger partial charge in [0.25, 0.3) is 5.91 Å². The van der Waals surface area contributed by atoms with Crippen LogP contribution >= 0.6 is 12.4 Å². The van der Waals surface area contributed by atoms with E-state index in [4.69, 9.17) is 0 Å². The van der Waals surface area contributed by atoms with Gasteiger partial charge < -0.3 is 10.6 Å². The van der Waals surface area contributed by atoms with Crippen molar-refractivity contribution in [3.8, 4) is 0 Å². The van der Waals surface area contributed by atoms with Crippen molar-refractivity contribution in [3.63, 3.8) is 0 Å². The number of halogens is 1. The highest BCUT2D eigenvalue weighted by Crippen LogP contribution is 2.15. The van der Waals surface area contributed by atoms with Gasteiger partial charge in [0.1, 0.15) is 0 Å². The lowest BCUT2D eigenvalue weighted by Gasteiger charge is -2.09. The first-order valence-electron chi connectivity index (χ1n) is 8.36. The molecule has 0 bridgehead atoms. The summed E-state index contributed by atoms with van der Waals surface area (Å²) in [4.78, 5) is 12.1. The van der Waals surface area contributed by atoms with E-state index in [1.807, 2.05) is 29.1 Å². The Labute approximate surface area is 149 Å². The van der Waals surface area contributed by atoms with E-state index in [-0.39, 0.29) is 18.3 Å². The van der Waals surface area contributed by atoms with Gasteiger partial charge in [-0.3, -0.25) is 9.48 Å². The van der Waals surface area contributed by atoms with Crippen LogP contribution in [0.3, 0.4) is 0 Å². The minimum absolute atomic E-state index is 0. The first-order valence-corrected chi connectivity index (χ1v) is 8.36. The molecule has 1 aromatic carbocycles. The maximum absolute atomic E-state index is 12.1. The van der Waals surface area contributed by atoms with Gasteiger partial charge in [-0.25, -0.2) is 0 Å². The third-order valence-corrected chi connectivity index (χ3v) is 4.31. The minimum Gasteiger partial charge on any atom is -0.352 e. The summed E-state index contributed by atoms with van der Waals surface area (Å²) in [5.74, 6) is 0.733. The van der Waals surface area contributed by atoms with Crippen LogP contribution in [0.25, 0.3) is 0 Å². The molecule has 0 spiro atoms. The number of carbonyl (C=O) groups excluding carboxylic acids is 1. The summed E-state index contributed by atoms with van der Waals surface area (Å²) in [5, 5.41) is 10.5. The second kappa shape index (κ2) is 9.45. The van der Waals surface area contributed by atoms with Crippen molar-refractivity contribution in [1.82, 2.24) is 20.4 Å². The molecule has 1 amide bonds. The SMILES string of the molecule is Cl.O=C(NCCCn1cccn1)c1ccc(CC2CCNC2)cc1. The molecule has 1 atom stereocenters. The van der Waals surface area contributed by atoms with Gasteiger partial charge in [0, 0.05) is 31.0 Å². The molecule has 1 fully saturated rings. The maximum atomic E-state index is 12.1. The van der Waals surface area contributed by atoms with E-state index in [2.05, 4.69) is 27.9 Å². The summed E-state index contributed by atoms with van der Waals surface area (Å²) in [6.07, 6.45) is 6.92. The summed E-state index contributed by atoms with van der Waals surface area (Å²) < 4.78 is 1.87. The number of rotatable bonds is 7. The number of hydrogen-bond acceptors (Lipinski definition) is 3. The van der Waals surface area contributed by atoms with Crippen LogP contribution in [0.15, 0.2) is 42.7 Å². The quantitative estimate of drug-likeness (QED) is 0.755. The van der Waals surface area contributed by atoms with Crippen molar-refractivity contribution >= 4 is 18.3 Å². The minimum atomic E-state index is -0.000418. The van der Waals surface area contributed by atoms with Crippen molar-refractivity contribution in [2.24, 2.45) is 5.92 Å². The van der Waals surface area contributed by atoms with E-state index in [0.29, 0.717) is 6.54 Å². The Morgan fingerprint density at radius 3 is 2.83 bits per heavy atom. The predicted octanol–water partition coefficient (Wildman–Crippen LogP) is 2.28. The number of nitrogens with one attached hydrogen (secondary N) is 2. The zero-order valence-electron chi connectivity index (χ0n) is 13.8. The van der Waals surface area contributed by atoms with Gasteiger partial charge >= 0.3 is 0 Å². The van der Waals surface area contributed by atoms with Crippen LogP contribution in [-0.4, -0.2) is 35.3 Å². The van der Waals surface area contributed by atoms with Crippen LogP contribution < -0.4 is 10.6 Å². The number of aryl methyl sites for hydroxylation is 1. The van der Waals surface area contributed by atoms with E-state index in [1.54, 1.807) is 6.20 Å². The average Bonchev–Trinajstić information content (AvgIpc) is 3.26. The first kappa shape index (κ1) is 18.5. The number of benzene rings is 1. The van der Waals surface area contributed by atoms with Gasteiger partial charge in [-0.2, -0.15) is 5.10 Å². The Hall–Kier alpha value is -1.85. The molecule has 1 saturated heterocycles. The fourth-order valence-corrected chi connectivity index (χ4v) is 2.99. The molecule has 1 unspecified atom stereocenters. The first-order chi connectivity index (χ1) is 11.3. The Bertz CT molecular complexity index is 606. The molecule has 2 N–H and O–H groups in total. The highest BCUT2D eigenvalue weighted by atomic mass is 35.5. The van der Waals surface area contributed by atoms with Gasteiger partial charge in [0.15, 0.2) is 0 Å². The van der Waals surface area contributed by atoms with E-state index >= 15 is 0 Å². The van der Waals surface area contributed by atoms with Crippen LogP contribution in [0.5, 0.6) is 0 Å². The van der Waals surface area contributed by atoms with Gasteiger partial charge in [0.05, 0.1) is 0 Å². The van der Waals surface area contributed by atoms with E-state index in [1.165, 1.54) is 12.0 Å². The molecule has 2 heterocycles. The third kappa shape index (κ3) is 5.35. The number of amides is 1. The zero-order valence-corrected chi connectivity index (χ0v) is 14.6. The molecule has 1 aromatic heterocycles. The second-order valence-electron chi connectivity index (χ2n) is 6.14. The van der Waals surface area contributed by atoms with Crippen LogP contribution in [0.4, 0.5) is 0 Å². The summed E-state index contributed by atoms with van der Waals surface area (Å²) >= 11 is 0. The van der Waals surface area contributed by atoms with Crippen molar-refractivity contribution in [2.75, 3.05) is 19.6 Å². The molecule has 6 heteroatoms. The molecule has 0 aliphatic carbocycles. The van der Waals surface area contributed by atoms with Crippen molar-refractivity contribution in [3.05, 3.63) is 53.9 Å². The van der Waals surface area contributed by atoms with Gasteiger partial charge in [-0.1, -0.05) is 12.1 Å². The van der Waals surface area contributed by atoms with Gasteiger partial charge in [-0.15, -0.1) is 12.4 Å². The summed E-state index contributed by atoms with van der Waals surface area (Å²) in [5.41, 5.74) is 2.05. The number of nitrogens with zero attached hydrogens (tertiary/aromatic N) is 2. The summed E-state index contributed by atoms with van der Waals surface area (Å²) in [6, 6.07) is 9.93. The molecule has 0 saturated carbocycles. The van der Waals surface area contributed by atoms with E-state index in [9.17, 15) is 4.79 Å². The lowest BCUT2D eigenvalue weighted by Crippen LogP contribution is -2.25. The molecular weight excluding hydrogens is 324 g/mol. The fourth-order valence-electron chi connectivity index (χ4n) is 2.99. The van der Waals surface area contributed by atoms with Crippen molar-refractivity contribution < 1.29 is 4.79 Å². The molecule has 3 rings (SSSR count). The van der Waals surface area contributed by atoms with Crippen molar-refractivity contribution in [1.29, 1.82) is 0 Å². The smallest absolute Gasteiger partial charge is 0.251 e. The third-order valence-electron chi connectivity index (χ3n) is 4.31. The Morgan fingerprint density at radius 2 is 2.17 bits per heavy atom. The van der Waals surface area contributed by atoms with Crippen LogP contribution in [0.1, 0.15) is 28.8 Å². The average molecular weight is 349 g/mol. The predicted molar refractivity (Wildman–Crippen MR) is 97.5 cm³/mol. The Balaban J connectivity index is 0.00000208. The van der Waals surface area contributed by atoms with Gasteiger partial charge in [-0.05, 0) is 62.0 Å². The molecule has 2 aromatic rings. The second-order valence-corrected chi connectivity index (χ2v) is 6.14. The maximum Gasteiger partial charge on any atom is 0.251 e. The molecule has 130 valence electrons. The lowest BCUT2D eigenvalue weighted by molar-refractivity contribution is 0.0952. The molecule has 5 nitrogen and oxygen atoms in total. The molecule has 24 heavy (non-hydrogen) atoms. The monoisotopic (exact) mass is 348 g/mol. The highest BCUT2D eigenvalue weighted by Gasteiger charge is 2.15. The normalized spacial score (nSPS) is 16.6. The lowest BCUT2D eigenvalue weighted by atomic mass is 9.98. The highest BCUT2D eigenvalue weighted by molar-refractivity contribution is 5.94. The van der Waals surface area contributed by atoms with Crippen LogP contribution in [-0.2, 0) is 13.0 Å². The largest absolute Gasteiger partial charge is 0.352 e. The fraction of sp³-hybridized carbons (Fsp3) is 0.444. The summed E-state index contributed by atoms with van der Waals surface area (Å²) in [6.45, 7) is 3.72. The molecule has 1 aliphatic heterocycles. The standard InChI is InChI=1S/C18H24N4O.ClH/c23-18(20-8-1-11-22-12-2-9-21-22)17-5-3-15(4-6-17)13-16-7-10-19-14-16;/h2-6,9,12,16,19H,1,7-8,10-11,13-14H2,(H,20,23);1H. The molecule has 0 radical (unpaired) electrons. The Morgan fingerprint density at radius 1 is 1.33 bits per heavy atom. The summed E-state index contributed by atoms with van der Waals surface area (Å²) in [7, 11) is 0.